The average Bonchev–Trinajstić information content (AvgIpc) is 2.91. The fourth-order valence-electron chi connectivity index (χ4n) is 1.39. The van der Waals surface area contributed by atoms with Crippen LogP contribution in [0.4, 0.5) is 5.69 Å². The van der Waals surface area contributed by atoms with E-state index in [2.05, 4.69) is 20.5 Å². The maximum atomic E-state index is 11.5. The van der Waals surface area contributed by atoms with Gasteiger partial charge in [0.2, 0.25) is 5.91 Å². The van der Waals surface area contributed by atoms with Gasteiger partial charge in [0, 0.05) is 17.4 Å². The van der Waals surface area contributed by atoms with Gasteiger partial charge in [-0.05, 0) is 17.7 Å². The van der Waals surface area contributed by atoms with E-state index in [1.807, 2.05) is 38.1 Å². The van der Waals surface area contributed by atoms with Crippen molar-refractivity contribution in [3.63, 3.8) is 0 Å². The van der Waals surface area contributed by atoms with E-state index < -0.39 is 0 Å². The molecular weight excluding hydrogens is 260 g/mol. The standard InChI is InChI=1S/C13H16N4OS/c1-9(2)12(18)16-11-5-3-10(4-6-11)7-19-13-14-8-15-17-13/h3-6,8-9H,7H2,1-2H3,(H,16,18)(H,14,15,17). The van der Waals surface area contributed by atoms with E-state index in [0.29, 0.717) is 0 Å². The predicted octanol–water partition coefficient (Wildman–Crippen LogP) is 2.69. The van der Waals surface area contributed by atoms with Gasteiger partial charge >= 0.3 is 0 Å². The molecule has 6 heteroatoms. The Kier molecular flexibility index (Phi) is 4.57. The molecule has 0 spiro atoms. The number of thioether (sulfide) groups is 1. The fourth-order valence-corrected chi connectivity index (χ4v) is 2.12. The van der Waals surface area contributed by atoms with Gasteiger partial charge in [-0.3, -0.25) is 9.89 Å². The highest BCUT2D eigenvalue weighted by Crippen LogP contribution is 2.19. The van der Waals surface area contributed by atoms with Crippen LogP contribution >= 0.6 is 11.8 Å². The molecule has 0 fully saturated rings. The summed E-state index contributed by atoms with van der Waals surface area (Å²) in [5.41, 5.74) is 2.00. The van der Waals surface area contributed by atoms with Crippen molar-refractivity contribution in [1.29, 1.82) is 0 Å². The lowest BCUT2D eigenvalue weighted by Crippen LogP contribution is -2.17. The molecule has 1 heterocycles. The first-order valence-corrected chi connectivity index (χ1v) is 7.01. The lowest BCUT2D eigenvalue weighted by molar-refractivity contribution is -0.118. The first-order chi connectivity index (χ1) is 9.15. The molecule has 0 saturated carbocycles. The third-order valence-corrected chi connectivity index (χ3v) is 3.46. The second-order valence-corrected chi connectivity index (χ2v) is 5.38. The lowest BCUT2D eigenvalue weighted by Gasteiger charge is -2.08. The predicted molar refractivity (Wildman–Crippen MR) is 75.9 cm³/mol. The van der Waals surface area contributed by atoms with Gasteiger partial charge in [0.15, 0.2) is 5.16 Å². The molecule has 100 valence electrons. The molecule has 1 aromatic carbocycles. The molecule has 2 N–H and O–H groups in total. The fraction of sp³-hybridized carbons (Fsp3) is 0.308. The van der Waals surface area contributed by atoms with Crippen LogP contribution in [0.2, 0.25) is 0 Å². The molecule has 0 aliphatic heterocycles. The smallest absolute Gasteiger partial charge is 0.226 e. The molecule has 0 aliphatic carbocycles. The zero-order valence-corrected chi connectivity index (χ0v) is 11.7. The minimum atomic E-state index is -0.0123. The Morgan fingerprint density at radius 3 is 2.68 bits per heavy atom. The molecule has 0 radical (unpaired) electrons. The average molecular weight is 276 g/mol. The summed E-state index contributed by atoms with van der Waals surface area (Å²) in [6, 6.07) is 7.83. The lowest BCUT2D eigenvalue weighted by atomic mass is 10.2. The quantitative estimate of drug-likeness (QED) is 0.824. The Labute approximate surface area is 116 Å². The number of nitrogens with one attached hydrogen (secondary N) is 2. The van der Waals surface area contributed by atoms with Gasteiger partial charge in [0.1, 0.15) is 6.33 Å². The van der Waals surface area contributed by atoms with Crippen molar-refractivity contribution in [2.45, 2.75) is 24.8 Å². The molecule has 0 atom stereocenters. The summed E-state index contributed by atoms with van der Waals surface area (Å²) < 4.78 is 0. The van der Waals surface area contributed by atoms with Crippen molar-refractivity contribution in [2.75, 3.05) is 5.32 Å². The van der Waals surface area contributed by atoms with E-state index in [-0.39, 0.29) is 11.8 Å². The van der Waals surface area contributed by atoms with E-state index in [4.69, 9.17) is 0 Å². The van der Waals surface area contributed by atoms with Gasteiger partial charge < -0.3 is 5.32 Å². The monoisotopic (exact) mass is 276 g/mol. The first-order valence-electron chi connectivity index (χ1n) is 6.03. The zero-order valence-electron chi connectivity index (χ0n) is 10.9. The number of benzene rings is 1. The highest BCUT2D eigenvalue weighted by molar-refractivity contribution is 7.98. The van der Waals surface area contributed by atoms with Crippen LogP contribution in [0.3, 0.4) is 0 Å². The Hall–Kier alpha value is -1.82. The number of carbonyl (C=O) groups is 1. The van der Waals surface area contributed by atoms with Gasteiger partial charge in [0.25, 0.3) is 0 Å². The summed E-state index contributed by atoms with van der Waals surface area (Å²) >= 11 is 1.59. The first kappa shape index (κ1) is 13.6. The number of carbonyl (C=O) groups excluding carboxylic acids is 1. The van der Waals surface area contributed by atoms with E-state index in [9.17, 15) is 4.79 Å². The molecule has 19 heavy (non-hydrogen) atoms. The van der Waals surface area contributed by atoms with E-state index >= 15 is 0 Å². The van der Waals surface area contributed by atoms with Crippen LogP contribution in [0.1, 0.15) is 19.4 Å². The maximum Gasteiger partial charge on any atom is 0.226 e. The highest BCUT2D eigenvalue weighted by atomic mass is 32.2. The molecule has 0 unspecified atom stereocenters. The number of H-pyrrole nitrogens is 1. The molecule has 1 aromatic heterocycles. The topological polar surface area (TPSA) is 70.7 Å². The van der Waals surface area contributed by atoms with Crippen LogP contribution in [0.15, 0.2) is 35.7 Å². The summed E-state index contributed by atoms with van der Waals surface area (Å²) in [5, 5.41) is 10.3. The second kappa shape index (κ2) is 6.38. The summed E-state index contributed by atoms with van der Waals surface area (Å²) in [4.78, 5) is 15.6. The zero-order chi connectivity index (χ0) is 13.7. The van der Waals surface area contributed by atoms with Gasteiger partial charge in [-0.15, -0.1) is 0 Å². The van der Waals surface area contributed by atoms with Crippen molar-refractivity contribution in [1.82, 2.24) is 15.2 Å². The van der Waals surface area contributed by atoms with Crippen molar-refractivity contribution in [3.05, 3.63) is 36.2 Å². The Morgan fingerprint density at radius 2 is 2.11 bits per heavy atom. The minimum absolute atomic E-state index is 0.0123. The van der Waals surface area contributed by atoms with Crippen LogP contribution in [0.5, 0.6) is 0 Å². The molecular formula is C13H16N4OS. The van der Waals surface area contributed by atoms with Crippen LogP contribution < -0.4 is 5.32 Å². The maximum absolute atomic E-state index is 11.5. The number of hydrogen-bond donors (Lipinski definition) is 2. The van der Waals surface area contributed by atoms with E-state index in [1.165, 1.54) is 11.9 Å². The van der Waals surface area contributed by atoms with Crippen molar-refractivity contribution >= 4 is 23.4 Å². The second-order valence-electron chi connectivity index (χ2n) is 4.42. The molecule has 2 aromatic rings. The SMILES string of the molecule is CC(C)C(=O)Nc1ccc(CSc2ncn[nH]2)cc1. The molecule has 1 amide bonds. The molecule has 0 saturated heterocycles. The number of anilines is 1. The molecule has 5 nitrogen and oxygen atoms in total. The summed E-state index contributed by atoms with van der Waals surface area (Å²) in [6.07, 6.45) is 1.49. The number of amides is 1. The van der Waals surface area contributed by atoms with Crippen LogP contribution in [0.25, 0.3) is 0 Å². The summed E-state index contributed by atoms with van der Waals surface area (Å²) in [6.45, 7) is 3.75. The third-order valence-electron chi connectivity index (χ3n) is 2.51. The molecule has 0 bridgehead atoms. The number of hydrogen-bond acceptors (Lipinski definition) is 4. The normalized spacial score (nSPS) is 10.7. The minimum Gasteiger partial charge on any atom is -0.326 e. The van der Waals surface area contributed by atoms with Crippen LogP contribution in [-0.2, 0) is 10.5 Å². The van der Waals surface area contributed by atoms with E-state index in [1.54, 1.807) is 11.8 Å². The van der Waals surface area contributed by atoms with Gasteiger partial charge in [-0.25, -0.2) is 4.98 Å². The van der Waals surface area contributed by atoms with E-state index in [0.717, 1.165) is 16.6 Å². The van der Waals surface area contributed by atoms with Crippen molar-refractivity contribution < 1.29 is 4.79 Å². The molecule has 2 rings (SSSR count). The number of aromatic amines is 1. The Balaban J connectivity index is 1.89. The van der Waals surface area contributed by atoms with Gasteiger partial charge in [0.05, 0.1) is 0 Å². The molecule has 0 aliphatic rings. The number of rotatable bonds is 5. The van der Waals surface area contributed by atoms with Crippen LogP contribution in [-0.4, -0.2) is 21.1 Å². The number of nitrogens with zero attached hydrogens (tertiary/aromatic N) is 2. The number of aromatic nitrogens is 3. The van der Waals surface area contributed by atoms with Crippen LogP contribution in [0, 0.1) is 5.92 Å². The Morgan fingerprint density at radius 1 is 1.37 bits per heavy atom. The highest BCUT2D eigenvalue weighted by Gasteiger charge is 2.06. The summed E-state index contributed by atoms with van der Waals surface area (Å²) in [7, 11) is 0. The Bertz CT molecular complexity index is 522. The van der Waals surface area contributed by atoms with Gasteiger partial charge in [-0.2, -0.15) is 5.10 Å². The van der Waals surface area contributed by atoms with Crippen molar-refractivity contribution in [2.24, 2.45) is 5.92 Å². The largest absolute Gasteiger partial charge is 0.326 e. The van der Waals surface area contributed by atoms with Crippen molar-refractivity contribution in [3.8, 4) is 0 Å². The third kappa shape index (κ3) is 4.10. The van der Waals surface area contributed by atoms with Gasteiger partial charge in [-0.1, -0.05) is 37.7 Å². The summed E-state index contributed by atoms with van der Waals surface area (Å²) in [5.74, 6) is 0.832.